The lowest BCUT2D eigenvalue weighted by Gasteiger charge is -2.32. The van der Waals surface area contributed by atoms with Gasteiger partial charge in [0.1, 0.15) is 0 Å². The van der Waals surface area contributed by atoms with E-state index in [0.29, 0.717) is 11.8 Å². The zero-order valence-electron chi connectivity index (χ0n) is 31.0. The van der Waals surface area contributed by atoms with E-state index in [2.05, 4.69) is 90.6 Å². The third-order valence-electron chi connectivity index (χ3n) is 11.4. The van der Waals surface area contributed by atoms with E-state index < -0.39 is 0 Å². The quantitative estimate of drug-likeness (QED) is 0.128. The zero-order chi connectivity index (χ0) is 32.7. The summed E-state index contributed by atoms with van der Waals surface area (Å²) in [4.78, 5) is 5.43. The molecule has 2 unspecified atom stereocenters. The van der Waals surface area contributed by atoms with Crippen LogP contribution in [0.1, 0.15) is 154 Å². The van der Waals surface area contributed by atoms with E-state index in [1.807, 2.05) is 0 Å². The second-order valence-corrected chi connectivity index (χ2v) is 16.4. The van der Waals surface area contributed by atoms with Gasteiger partial charge in [0, 0.05) is 25.5 Å². The van der Waals surface area contributed by atoms with E-state index in [-0.39, 0.29) is 0 Å². The van der Waals surface area contributed by atoms with Crippen LogP contribution in [0.25, 0.3) is 0 Å². The summed E-state index contributed by atoms with van der Waals surface area (Å²) >= 11 is 0. The number of likely N-dealkylation sites (tertiary alicyclic amines) is 2. The molecule has 0 spiro atoms. The van der Waals surface area contributed by atoms with Crippen molar-refractivity contribution in [2.45, 2.75) is 156 Å². The molecule has 0 aromatic carbocycles. The molecule has 2 atom stereocenters. The highest BCUT2D eigenvalue weighted by atomic mass is 15.3. The number of hydrogen-bond acceptors (Lipinski definition) is 4. The van der Waals surface area contributed by atoms with Gasteiger partial charge in [-0.3, -0.25) is 9.36 Å². The first-order valence-corrected chi connectivity index (χ1v) is 19.7. The number of nitrogens with zero attached hydrogens (tertiary/aromatic N) is 6. The average Bonchev–Trinajstić information content (AvgIpc) is 3.71. The Hall–Kier alpha value is -1.66. The van der Waals surface area contributed by atoms with Crippen molar-refractivity contribution in [2.24, 2.45) is 23.7 Å². The van der Waals surface area contributed by atoms with Gasteiger partial charge in [-0.2, -0.15) is 10.2 Å². The van der Waals surface area contributed by atoms with Gasteiger partial charge in [0.15, 0.2) is 0 Å². The summed E-state index contributed by atoms with van der Waals surface area (Å²) in [6.45, 7) is 23.9. The SMILES string of the molecule is CC(C)CCCCCCCN1CCC(Cn2cc(C(C)CCC(C)CCCN3CCC(Cn4cc(C(C)C)cn4)CC3)cn2)CC1. The minimum absolute atomic E-state index is 0.567. The number of piperidine rings is 2. The second-order valence-electron chi connectivity index (χ2n) is 16.4. The first kappa shape index (κ1) is 37.2. The summed E-state index contributed by atoms with van der Waals surface area (Å²) in [7, 11) is 0. The summed E-state index contributed by atoms with van der Waals surface area (Å²) in [5, 5.41) is 9.41. The van der Waals surface area contributed by atoms with Crippen LogP contribution < -0.4 is 0 Å². The van der Waals surface area contributed by atoms with Crippen LogP contribution in [0, 0.1) is 23.7 Å². The Bertz CT molecular complexity index is 1060. The molecule has 0 bridgehead atoms. The van der Waals surface area contributed by atoms with Crippen LogP contribution in [0.4, 0.5) is 0 Å². The predicted octanol–water partition coefficient (Wildman–Crippen LogP) is 9.62. The topological polar surface area (TPSA) is 42.1 Å². The van der Waals surface area contributed by atoms with Crippen LogP contribution in [0.5, 0.6) is 0 Å². The zero-order valence-corrected chi connectivity index (χ0v) is 31.0. The lowest BCUT2D eigenvalue weighted by Crippen LogP contribution is -2.35. The molecule has 0 radical (unpaired) electrons. The molecule has 2 saturated heterocycles. The van der Waals surface area contributed by atoms with Crippen LogP contribution in [-0.2, 0) is 13.1 Å². The van der Waals surface area contributed by atoms with Crippen LogP contribution in [0.2, 0.25) is 0 Å². The summed E-state index contributed by atoms with van der Waals surface area (Å²) in [5.74, 6) is 4.41. The van der Waals surface area contributed by atoms with Gasteiger partial charge in [0.25, 0.3) is 0 Å². The minimum atomic E-state index is 0.567. The van der Waals surface area contributed by atoms with E-state index >= 15 is 0 Å². The fourth-order valence-electron chi connectivity index (χ4n) is 7.75. The Morgan fingerprint density at radius 1 is 0.587 bits per heavy atom. The van der Waals surface area contributed by atoms with Crippen LogP contribution >= 0.6 is 0 Å². The third kappa shape index (κ3) is 13.5. The Kier molecular flexibility index (Phi) is 16.2. The van der Waals surface area contributed by atoms with Gasteiger partial charge >= 0.3 is 0 Å². The standard InChI is InChI=1S/C40H72N6/c1-33(2)13-10-8-7-9-11-21-43-23-17-38(18-24-43)30-46-32-40(28-42-46)36(6)16-15-35(5)14-12-22-44-25-19-37(20-26-44)29-45-31-39(27-41-45)34(3)4/h27-28,31-38H,7-26,29-30H2,1-6H3. The first-order valence-electron chi connectivity index (χ1n) is 19.7. The maximum atomic E-state index is 4.80. The first-order chi connectivity index (χ1) is 22.2. The average molecular weight is 637 g/mol. The normalized spacial score (nSPS) is 19.0. The Labute approximate surface area is 284 Å². The van der Waals surface area contributed by atoms with Crippen LogP contribution in [-0.4, -0.2) is 68.6 Å². The van der Waals surface area contributed by atoms with E-state index in [4.69, 9.17) is 5.10 Å². The lowest BCUT2D eigenvalue weighted by molar-refractivity contribution is 0.166. The van der Waals surface area contributed by atoms with Gasteiger partial charge in [0.05, 0.1) is 12.4 Å². The van der Waals surface area contributed by atoms with Gasteiger partial charge in [-0.15, -0.1) is 0 Å². The van der Waals surface area contributed by atoms with E-state index in [9.17, 15) is 0 Å². The maximum Gasteiger partial charge on any atom is 0.0524 e. The highest BCUT2D eigenvalue weighted by Crippen LogP contribution is 2.27. The fraction of sp³-hybridized carbons (Fsp3) is 0.850. The molecule has 2 aromatic rings. The van der Waals surface area contributed by atoms with Crippen molar-refractivity contribution in [3.8, 4) is 0 Å². The number of unbranched alkanes of at least 4 members (excludes halogenated alkanes) is 4. The van der Waals surface area contributed by atoms with Gasteiger partial charge in [0.2, 0.25) is 0 Å². The summed E-state index contributed by atoms with van der Waals surface area (Å²) < 4.78 is 4.44. The Morgan fingerprint density at radius 3 is 1.67 bits per heavy atom. The Morgan fingerprint density at radius 2 is 1.11 bits per heavy atom. The molecular formula is C40H72N6. The molecule has 0 amide bonds. The highest BCUT2D eigenvalue weighted by Gasteiger charge is 2.22. The molecular weight excluding hydrogens is 564 g/mol. The van der Waals surface area contributed by atoms with Crippen molar-refractivity contribution in [3.63, 3.8) is 0 Å². The van der Waals surface area contributed by atoms with Crippen molar-refractivity contribution in [3.05, 3.63) is 35.9 Å². The summed E-state index contributed by atoms with van der Waals surface area (Å²) in [6.07, 6.45) is 27.9. The van der Waals surface area contributed by atoms with Crippen molar-refractivity contribution in [1.82, 2.24) is 29.4 Å². The molecule has 4 heterocycles. The van der Waals surface area contributed by atoms with Crippen molar-refractivity contribution in [2.75, 3.05) is 39.3 Å². The van der Waals surface area contributed by atoms with Crippen molar-refractivity contribution >= 4 is 0 Å². The van der Waals surface area contributed by atoms with Gasteiger partial charge in [-0.25, -0.2) is 0 Å². The van der Waals surface area contributed by atoms with Crippen molar-refractivity contribution < 1.29 is 0 Å². The third-order valence-corrected chi connectivity index (χ3v) is 11.4. The van der Waals surface area contributed by atoms with Crippen LogP contribution in [0.15, 0.2) is 24.8 Å². The van der Waals surface area contributed by atoms with Gasteiger partial charge in [-0.1, -0.05) is 80.1 Å². The fourth-order valence-corrected chi connectivity index (χ4v) is 7.75. The summed E-state index contributed by atoms with van der Waals surface area (Å²) in [5.41, 5.74) is 2.80. The molecule has 0 saturated carbocycles. The number of rotatable bonds is 21. The molecule has 2 aromatic heterocycles. The molecule has 2 aliphatic rings. The monoisotopic (exact) mass is 637 g/mol. The molecule has 0 aliphatic carbocycles. The highest BCUT2D eigenvalue weighted by molar-refractivity contribution is 5.10. The smallest absolute Gasteiger partial charge is 0.0524 e. The van der Waals surface area contributed by atoms with E-state index in [1.54, 1.807) is 0 Å². The van der Waals surface area contributed by atoms with E-state index in [0.717, 1.165) is 36.8 Å². The molecule has 0 N–H and O–H groups in total. The van der Waals surface area contributed by atoms with Crippen LogP contribution in [0.3, 0.4) is 0 Å². The Balaban J connectivity index is 1.01. The molecule has 6 heteroatoms. The second kappa shape index (κ2) is 20.0. The lowest BCUT2D eigenvalue weighted by atomic mass is 9.91. The minimum Gasteiger partial charge on any atom is -0.303 e. The van der Waals surface area contributed by atoms with E-state index in [1.165, 1.54) is 140 Å². The molecule has 262 valence electrons. The van der Waals surface area contributed by atoms with Gasteiger partial charge in [-0.05, 0) is 137 Å². The molecule has 2 fully saturated rings. The number of aromatic nitrogens is 4. The predicted molar refractivity (Wildman–Crippen MR) is 195 cm³/mol. The maximum absolute atomic E-state index is 4.80. The largest absolute Gasteiger partial charge is 0.303 e. The molecule has 4 rings (SSSR count). The molecule has 2 aliphatic heterocycles. The van der Waals surface area contributed by atoms with Crippen molar-refractivity contribution in [1.29, 1.82) is 0 Å². The molecule has 46 heavy (non-hydrogen) atoms. The number of hydrogen-bond donors (Lipinski definition) is 0. The van der Waals surface area contributed by atoms with Gasteiger partial charge < -0.3 is 9.80 Å². The summed E-state index contributed by atoms with van der Waals surface area (Å²) in [6, 6.07) is 0. The molecule has 6 nitrogen and oxygen atoms in total.